The standard InChI is InChI=1S/C19H29NO2/c1-2-19(21)22-17-16-20-15-11-6-4-3-5-8-12-18-13-9-7-10-14-18/h2,7,9-10,13-14,20H,1,3-6,8,11-12,15-17H2. The molecule has 122 valence electrons. The number of benzene rings is 1. The molecule has 1 rings (SSSR count). The van der Waals surface area contributed by atoms with Crippen LogP contribution in [0.4, 0.5) is 0 Å². The molecule has 1 aromatic rings. The van der Waals surface area contributed by atoms with E-state index in [1.165, 1.54) is 56.6 Å². The highest BCUT2D eigenvalue weighted by Gasteiger charge is 1.95. The largest absolute Gasteiger partial charge is 0.461 e. The first-order valence-corrected chi connectivity index (χ1v) is 8.37. The molecule has 0 saturated carbocycles. The van der Waals surface area contributed by atoms with Gasteiger partial charge in [0.25, 0.3) is 0 Å². The lowest BCUT2D eigenvalue weighted by molar-refractivity contribution is -0.137. The number of esters is 1. The summed E-state index contributed by atoms with van der Waals surface area (Å²) in [5, 5.41) is 3.28. The van der Waals surface area contributed by atoms with Crippen molar-refractivity contribution in [2.75, 3.05) is 19.7 Å². The number of unbranched alkanes of at least 4 members (excludes halogenated alkanes) is 5. The molecule has 22 heavy (non-hydrogen) atoms. The van der Waals surface area contributed by atoms with Crippen molar-refractivity contribution in [3.8, 4) is 0 Å². The zero-order valence-corrected chi connectivity index (χ0v) is 13.6. The molecule has 0 aromatic heterocycles. The summed E-state index contributed by atoms with van der Waals surface area (Å²) >= 11 is 0. The second-order valence-corrected chi connectivity index (χ2v) is 5.48. The van der Waals surface area contributed by atoms with Crippen LogP contribution in [0.1, 0.15) is 44.1 Å². The molecule has 1 N–H and O–H groups in total. The minimum Gasteiger partial charge on any atom is -0.461 e. The fourth-order valence-corrected chi connectivity index (χ4v) is 2.34. The Morgan fingerprint density at radius 2 is 1.68 bits per heavy atom. The third-order valence-corrected chi connectivity index (χ3v) is 3.60. The molecule has 3 nitrogen and oxygen atoms in total. The van der Waals surface area contributed by atoms with Gasteiger partial charge in [0.2, 0.25) is 0 Å². The molecular weight excluding hydrogens is 274 g/mol. The number of rotatable bonds is 13. The van der Waals surface area contributed by atoms with Crippen molar-refractivity contribution < 1.29 is 9.53 Å². The topological polar surface area (TPSA) is 38.3 Å². The Balaban J connectivity index is 1.78. The minimum atomic E-state index is -0.350. The molecule has 0 aliphatic carbocycles. The quantitative estimate of drug-likeness (QED) is 0.341. The van der Waals surface area contributed by atoms with E-state index in [2.05, 4.69) is 42.2 Å². The van der Waals surface area contributed by atoms with Crippen LogP contribution in [0.25, 0.3) is 0 Å². The molecule has 3 heteroatoms. The smallest absolute Gasteiger partial charge is 0.330 e. The fraction of sp³-hybridized carbons (Fsp3) is 0.526. The van der Waals surface area contributed by atoms with E-state index in [4.69, 9.17) is 4.74 Å². The number of hydrogen-bond donors (Lipinski definition) is 1. The van der Waals surface area contributed by atoms with Crippen molar-refractivity contribution in [3.05, 3.63) is 48.6 Å². The Kier molecular flexibility index (Phi) is 11.0. The number of ether oxygens (including phenoxy) is 1. The van der Waals surface area contributed by atoms with Crippen LogP contribution >= 0.6 is 0 Å². The molecule has 0 atom stereocenters. The monoisotopic (exact) mass is 303 g/mol. The lowest BCUT2D eigenvalue weighted by Gasteiger charge is -2.05. The first-order chi connectivity index (χ1) is 10.8. The molecule has 0 spiro atoms. The third-order valence-electron chi connectivity index (χ3n) is 3.60. The Bertz CT molecular complexity index is 403. The average molecular weight is 303 g/mol. The van der Waals surface area contributed by atoms with Gasteiger partial charge in [0.15, 0.2) is 0 Å². The molecular formula is C19H29NO2. The SMILES string of the molecule is C=CC(=O)OCCNCCCCCCCCc1ccccc1. The highest BCUT2D eigenvalue weighted by Crippen LogP contribution is 2.09. The van der Waals surface area contributed by atoms with Gasteiger partial charge in [-0.05, 0) is 31.4 Å². The van der Waals surface area contributed by atoms with Crippen LogP contribution in [0.15, 0.2) is 43.0 Å². The van der Waals surface area contributed by atoms with Crippen LogP contribution in [-0.4, -0.2) is 25.7 Å². The van der Waals surface area contributed by atoms with Crippen LogP contribution < -0.4 is 5.32 Å². The Hall–Kier alpha value is -1.61. The van der Waals surface area contributed by atoms with E-state index in [9.17, 15) is 4.79 Å². The van der Waals surface area contributed by atoms with Crippen molar-refractivity contribution in [2.45, 2.75) is 44.9 Å². The molecule has 0 unspecified atom stereocenters. The summed E-state index contributed by atoms with van der Waals surface area (Å²) in [6, 6.07) is 10.7. The first-order valence-electron chi connectivity index (χ1n) is 8.37. The third kappa shape index (κ3) is 10.2. The zero-order valence-electron chi connectivity index (χ0n) is 13.6. The first kappa shape index (κ1) is 18.4. The van der Waals surface area contributed by atoms with Crippen molar-refractivity contribution >= 4 is 5.97 Å². The van der Waals surface area contributed by atoms with Crippen molar-refractivity contribution in [3.63, 3.8) is 0 Å². The molecule has 0 heterocycles. The van der Waals surface area contributed by atoms with Gasteiger partial charge in [-0.15, -0.1) is 0 Å². The molecule has 0 bridgehead atoms. The van der Waals surface area contributed by atoms with E-state index < -0.39 is 0 Å². The lowest BCUT2D eigenvalue weighted by Crippen LogP contribution is -2.21. The molecule has 0 amide bonds. The fourth-order valence-electron chi connectivity index (χ4n) is 2.34. The predicted molar refractivity (Wildman–Crippen MR) is 91.9 cm³/mol. The average Bonchev–Trinajstić information content (AvgIpc) is 2.56. The molecule has 0 fully saturated rings. The molecule has 0 aliphatic heterocycles. The maximum atomic E-state index is 10.8. The summed E-state index contributed by atoms with van der Waals surface area (Å²) in [5.74, 6) is -0.350. The van der Waals surface area contributed by atoms with Gasteiger partial charge < -0.3 is 10.1 Å². The number of nitrogens with one attached hydrogen (secondary N) is 1. The summed E-state index contributed by atoms with van der Waals surface area (Å²) in [6.07, 6.45) is 10.1. The maximum Gasteiger partial charge on any atom is 0.330 e. The van der Waals surface area contributed by atoms with Crippen molar-refractivity contribution in [1.82, 2.24) is 5.32 Å². The molecule has 0 radical (unpaired) electrons. The summed E-state index contributed by atoms with van der Waals surface area (Å²) < 4.78 is 4.88. The van der Waals surface area contributed by atoms with E-state index in [-0.39, 0.29) is 5.97 Å². The van der Waals surface area contributed by atoms with E-state index >= 15 is 0 Å². The van der Waals surface area contributed by atoms with E-state index in [0.29, 0.717) is 6.61 Å². The zero-order chi connectivity index (χ0) is 15.9. The highest BCUT2D eigenvalue weighted by atomic mass is 16.5. The van der Waals surface area contributed by atoms with Crippen LogP contribution in [0.2, 0.25) is 0 Å². The summed E-state index contributed by atoms with van der Waals surface area (Å²) in [7, 11) is 0. The molecule has 0 saturated heterocycles. The van der Waals surface area contributed by atoms with Gasteiger partial charge in [0.05, 0.1) is 0 Å². The Morgan fingerprint density at radius 1 is 1.00 bits per heavy atom. The minimum absolute atomic E-state index is 0.350. The van der Waals surface area contributed by atoms with Crippen LogP contribution in [0.5, 0.6) is 0 Å². The van der Waals surface area contributed by atoms with Gasteiger partial charge in [-0.3, -0.25) is 0 Å². The number of hydrogen-bond acceptors (Lipinski definition) is 3. The molecule has 1 aromatic carbocycles. The second-order valence-electron chi connectivity index (χ2n) is 5.48. The lowest BCUT2D eigenvalue weighted by atomic mass is 10.1. The van der Waals surface area contributed by atoms with Crippen molar-refractivity contribution in [2.24, 2.45) is 0 Å². The second kappa shape index (κ2) is 13.1. The van der Waals surface area contributed by atoms with Gasteiger partial charge in [-0.25, -0.2) is 4.79 Å². The van der Waals surface area contributed by atoms with E-state index in [1.54, 1.807) is 0 Å². The number of carbonyl (C=O) groups excluding carboxylic acids is 1. The van der Waals surface area contributed by atoms with Crippen LogP contribution in [0.3, 0.4) is 0 Å². The van der Waals surface area contributed by atoms with Crippen LogP contribution in [-0.2, 0) is 16.0 Å². The van der Waals surface area contributed by atoms with E-state index in [0.717, 1.165) is 13.1 Å². The van der Waals surface area contributed by atoms with Gasteiger partial charge in [-0.1, -0.05) is 62.6 Å². The Labute approximate surface area is 134 Å². The number of carbonyl (C=O) groups is 1. The summed E-state index contributed by atoms with van der Waals surface area (Å²) in [4.78, 5) is 10.8. The molecule has 0 aliphatic rings. The summed E-state index contributed by atoms with van der Waals surface area (Å²) in [6.45, 7) is 5.49. The Morgan fingerprint density at radius 3 is 2.41 bits per heavy atom. The van der Waals surface area contributed by atoms with Gasteiger partial charge in [0, 0.05) is 12.6 Å². The van der Waals surface area contributed by atoms with Crippen molar-refractivity contribution in [1.29, 1.82) is 0 Å². The van der Waals surface area contributed by atoms with Gasteiger partial charge in [0.1, 0.15) is 6.61 Å². The van der Waals surface area contributed by atoms with Gasteiger partial charge in [-0.2, -0.15) is 0 Å². The normalized spacial score (nSPS) is 10.4. The number of aryl methyl sites for hydroxylation is 1. The predicted octanol–water partition coefficient (Wildman–Crippen LogP) is 3.89. The van der Waals surface area contributed by atoms with Gasteiger partial charge >= 0.3 is 5.97 Å². The summed E-state index contributed by atoms with van der Waals surface area (Å²) in [5.41, 5.74) is 1.45. The highest BCUT2D eigenvalue weighted by molar-refractivity contribution is 5.81. The maximum absolute atomic E-state index is 10.8. The van der Waals surface area contributed by atoms with Crippen LogP contribution in [0, 0.1) is 0 Å². The van der Waals surface area contributed by atoms with E-state index in [1.807, 2.05) is 0 Å².